The number of halogens is 1. The van der Waals surface area contributed by atoms with Gasteiger partial charge in [0.25, 0.3) is 0 Å². The molecule has 0 heterocycles. The summed E-state index contributed by atoms with van der Waals surface area (Å²) in [5.41, 5.74) is 6.92. The van der Waals surface area contributed by atoms with Gasteiger partial charge in [-0.3, -0.25) is 4.79 Å². The van der Waals surface area contributed by atoms with Gasteiger partial charge in [0.15, 0.2) is 0 Å². The predicted octanol–water partition coefficient (Wildman–Crippen LogP) is 0.584. The van der Waals surface area contributed by atoms with Gasteiger partial charge in [0.05, 0.1) is 0 Å². The zero-order chi connectivity index (χ0) is 12.1. The molecule has 0 saturated carbocycles. The fraction of sp³-hybridized carbons (Fsp3) is 0.364. The zero-order valence-corrected chi connectivity index (χ0v) is 9.79. The van der Waals surface area contributed by atoms with E-state index in [9.17, 15) is 4.79 Å². The van der Waals surface area contributed by atoms with Crippen LogP contribution in [0.1, 0.15) is 11.1 Å². The first-order valence-corrected chi connectivity index (χ1v) is 5.31. The molecule has 0 saturated heterocycles. The summed E-state index contributed by atoms with van der Waals surface area (Å²) < 4.78 is 0. The van der Waals surface area contributed by atoms with E-state index in [0.29, 0.717) is 11.6 Å². The monoisotopic (exact) mass is 242 g/mol. The third kappa shape index (κ3) is 3.81. The van der Waals surface area contributed by atoms with Gasteiger partial charge in [0, 0.05) is 18.1 Å². The highest BCUT2D eigenvalue weighted by Crippen LogP contribution is 2.17. The molecule has 0 fully saturated rings. The van der Waals surface area contributed by atoms with Crippen molar-refractivity contribution in [1.29, 1.82) is 0 Å². The van der Waals surface area contributed by atoms with Crippen LogP contribution in [0.25, 0.3) is 0 Å². The number of carbonyl (C=O) groups excluding carboxylic acids is 1. The molecule has 0 aliphatic rings. The molecule has 0 radical (unpaired) electrons. The first kappa shape index (κ1) is 13.0. The Morgan fingerprint density at radius 2 is 2.31 bits per heavy atom. The Morgan fingerprint density at radius 3 is 2.88 bits per heavy atom. The lowest BCUT2D eigenvalue weighted by Crippen LogP contribution is -2.37. The van der Waals surface area contributed by atoms with Crippen LogP contribution in [0.4, 0.5) is 0 Å². The number of aryl methyl sites for hydroxylation is 1. The van der Waals surface area contributed by atoms with Gasteiger partial charge in [-0.25, -0.2) is 0 Å². The van der Waals surface area contributed by atoms with Gasteiger partial charge in [0.1, 0.15) is 6.10 Å². The molecular formula is C11H15ClN2O2. The molecule has 1 atom stereocenters. The molecule has 88 valence electrons. The second-order valence-electron chi connectivity index (χ2n) is 3.64. The Morgan fingerprint density at radius 1 is 1.62 bits per heavy atom. The minimum atomic E-state index is -1.16. The van der Waals surface area contributed by atoms with Crippen LogP contribution in [0.2, 0.25) is 5.02 Å². The Bertz CT molecular complexity index is 382. The Labute approximate surface area is 99.4 Å². The average molecular weight is 243 g/mol. The van der Waals surface area contributed by atoms with E-state index in [1.807, 2.05) is 25.1 Å². The number of hydrogen-bond acceptors (Lipinski definition) is 3. The van der Waals surface area contributed by atoms with Gasteiger partial charge < -0.3 is 16.2 Å². The van der Waals surface area contributed by atoms with Crippen LogP contribution in [0.15, 0.2) is 18.2 Å². The van der Waals surface area contributed by atoms with Crippen molar-refractivity contribution in [1.82, 2.24) is 5.32 Å². The molecule has 0 spiro atoms. The maximum atomic E-state index is 10.6. The maximum absolute atomic E-state index is 10.6. The van der Waals surface area contributed by atoms with E-state index in [4.69, 9.17) is 22.4 Å². The van der Waals surface area contributed by atoms with Crippen LogP contribution in [-0.2, 0) is 11.3 Å². The quantitative estimate of drug-likeness (QED) is 0.707. The third-order valence-electron chi connectivity index (χ3n) is 2.19. The van der Waals surface area contributed by atoms with Gasteiger partial charge in [-0.1, -0.05) is 23.7 Å². The molecule has 0 bridgehead atoms. The number of amides is 1. The van der Waals surface area contributed by atoms with Gasteiger partial charge in [-0.2, -0.15) is 0 Å². The SMILES string of the molecule is Cc1ccc(CNCC(O)C(N)=O)c(Cl)c1. The molecule has 4 nitrogen and oxygen atoms in total. The number of hydrogen-bond donors (Lipinski definition) is 3. The Hall–Kier alpha value is -1.10. The minimum Gasteiger partial charge on any atom is -0.382 e. The van der Waals surface area contributed by atoms with Crippen molar-refractivity contribution in [3.8, 4) is 0 Å². The van der Waals surface area contributed by atoms with Crippen LogP contribution in [0.5, 0.6) is 0 Å². The van der Waals surface area contributed by atoms with Gasteiger partial charge >= 0.3 is 0 Å². The summed E-state index contributed by atoms with van der Waals surface area (Å²) in [7, 11) is 0. The summed E-state index contributed by atoms with van der Waals surface area (Å²) >= 11 is 6.01. The van der Waals surface area contributed by atoms with E-state index in [1.165, 1.54) is 0 Å². The highest BCUT2D eigenvalue weighted by Gasteiger charge is 2.09. The summed E-state index contributed by atoms with van der Waals surface area (Å²) in [6.45, 7) is 2.57. The number of aliphatic hydroxyl groups is 1. The van der Waals surface area contributed by atoms with Crippen molar-refractivity contribution < 1.29 is 9.90 Å². The summed E-state index contributed by atoms with van der Waals surface area (Å²) in [5, 5.41) is 12.7. The van der Waals surface area contributed by atoms with Crippen LogP contribution >= 0.6 is 11.6 Å². The Kier molecular flexibility index (Phi) is 4.73. The molecule has 0 aromatic heterocycles. The standard InChI is InChI=1S/C11H15ClN2O2/c1-7-2-3-8(9(12)4-7)5-14-6-10(15)11(13)16/h2-4,10,14-15H,5-6H2,1H3,(H2,13,16). The lowest BCUT2D eigenvalue weighted by Gasteiger charge is -2.09. The van der Waals surface area contributed by atoms with Crippen molar-refractivity contribution in [2.75, 3.05) is 6.54 Å². The molecule has 16 heavy (non-hydrogen) atoms. The molecule has 1 aromatic rings. The molecule has 1 amide bonds. The molecule has 1 aromatic carbocycles. The fourth-order valence-electron chi connectivity index (χ4n) is 1.24. The van der Waals surface area contributed by atoms with Gasteiger partial charge in [0.2, 0.25) is 5.91 Å². The number of primary amides is 1. The van der Waals surface area contributed by atoms with E-state index in [1.54, 1.807) is 0 Å². The number of carbonyl (C=O) groups is 1. The lowest BCUT2D eigenvalue weighted by atomic mass is 10.1. The summed E-state index contributed by atoms with van der Waals surface area (Å²) in [6, 6.07) is 5.72. The van der Waals surface area contributed by atoms with Crippen molar-refractivity contribution in [2.24, 2.45) is 5.73 Å². The second-order valence-corrected chi connectivity index (χ2v) is 4.05. The number of benzene rings is 1. The molecular weight excluding hydrogens is 228 g/mol. The first-order chi connectivity index (χ1) is 7.50. The smallest absolute Gasteiger partial charge is 0.247 e. The van der Waals surface area contributed by atoms with Gasteiger partial charge in [-0.05, 0) is 24.1 Å². The average Bonchev–Trinajstić information content (AvgIpc) is 2.20. The van der Waals surface area contributed by atoms with Crippen LogP contribution in [0.3, 0.4) is 0 Å². The summed E-state index contributed by atoms with van der Waals surface area (Å²) in [4.78, 5) is 10.6. The zero-order valence-electron chi connectivity index (χ0n) is 9.03. The molecule has 0 aliphatic carbocycles. The number of aliphatic hydroxyl groups excluding tert-OH is 1. The molecule has 1 rings (SSSR count). The maximum Gasteiger partial charge on any atom is 0.247 e. The molecule has 1 unspecified atom stereocenters. The van der Waals surface area contributed by atoms with Crippen LogP contribution in [-0.4, -0.2) is 23.7 Å². The minimum absolute atomic E-state index is 0.125. The van der Waals surface area contributed by atoms with Crippen molar-refractivity contribution in [3.63, 3.8) is 0 Å². The van der Waals surface area contributed by atoms with Crippen LogP contribution < -0.4 is 11.1 Å². The highest BCUT2D eigenvalue weighted by molar-refractivity contribution is 6.31. The molecule has 0 aliphatic heterocycles. The largest absolute Gasteiger partial charge is 0.382 e. The van der Waals surface area contributed by atoms with E-state index >= 15 is 0 Å². The van der Waals surface area contributed by atoms with Gasteiger partial charge in [-0.15, -0.1) is 0 Å². The topological polar surface area (TPSA) is 75.3 Å². The van der Waals surface area contributed by atoms with Crippen LogP contribution in [0, 0.1) is 6.92 Å². The van der Waals surface area contributed by atoms with Crippen molar-refractivity contribution in [3.05, 3.63) is 34.3 Å². The normalized spacial score (nSPS) is 12.4. The summed E-state index contributed by atoms with van der Waals surface area (Å²) in [5.74, 6) is -0.734. The Balaban J connectivity index is 2.46. The number of rotatable bonds is 5. The highest BCUT2D eigenvalue weighted by atomic mass is 35.5. The van der Waals surface area contributed by atoms with Crippen molar-refractivity contribution >= 4 is 17.5 Å². The molecule has 4 N–H and O–H groups in total. The number of nitrogens with one attached hydrogen (secondary N) is 1. The third-order valence-corrected chi connectivity index (χ3v) is 2.54. The summed E-state index contributed by atoms with van der Waals surface area (Å²) in [6.07, 6.45) is -1.16. The second kappa shape index (κ2) is 5.84. The fourth-order valence-corrected chi connectivity index (χ4v) is 1.54. The predicted molar refractivity (Wildman–Crippen MR) is 63.1 cm³/mol. The first-order valence-electron chi connectivity index (χ1n) is 4.94. The van der Waals surface area contributed by atoms with E-state index in [0.717, 1.165) is 11.1 Å². The van der Waals surface area contributed by atoms with Crippen molar-refractivity contribution in [2.45, 2.75) is 19.6 Å². The molecule has 5 heteroatoms. The number of nitrogens with two attached hydrogens (primary N) is 1. The van der Waals surface area contributed by atoms with E-state index in [-0.39, 0.29) is 6.54 Å². The van der Waals surface area contributed by atoms with E-state index < -0.39 is 12.0 Å². The van der Waals surface area contributed by atoms with E-state index in [2.05, 4.69) is 5.32 Å². The lowest BCUT2D eigenvalue weighted by molar-refractivity contribution is -0.125.